The minimum atomic E-state index is -0.840. The van der Waals surface area contributed by atoms with Crippen LogP contribution in [-0.4, -0.2) is 101 Å². The molecule has 0 saturated heterocycles. The fourth-order valence-electron chi connectivity index (χ4n) is 2.76. The van der Waals surface area contributed by atoms with E-state index in [1.54, 1.807) is 4.90 Å². The summed E-state index contributed by atoms with van der Waals surface area (Å²) >= 11 is 0. The molecule has 214 valence electrons. The molecular formula is C24H43N3O10. The lowest BCUT2D eigenvalue weighted by Gasteiger charge is -2.20. The molecule has 0 unspecified atom stereocenters. The molecule has 2 amide bonds. The third-order valence-corrected chi connectivity index (χ3v) is 4.47. The lowest BCUT2D eigenvalue weighted by Crippen LogP contribution is -2.33. The van der Waals surface area contributed by atoms with Gasteiger partial charge in [-0.2, -0.15) is 0 Å². The Bertz CT molecular complexity index is 627. The molecule has 0 rings (SSSR count). The van der Waals surface area contributed by atoms with Gasteiger partial charge < -0.3 is 34.3 Å². The maximum Gasteiger partial charge on any atom is 0.508 e. The lowest BCUT2D eigenvalue weighted by atomic mass is 10.2. The largest absolute Gasteiger partial charge is 0.508 e. The van der Waals surface area contributed by atoms with Crippen LogP contribution in [0.25, 0.3) is 0 Å². The second kappa shape index (κ2) is 23.3. The first-order chi connectivity index (χ1) is 17.8. The van der Waals surface area contributed by atoms with Gasteiger partial charge in [0.2, 0.25) is 0 Å². The Labute approximate surface area is 218 Å². The highest BCUT2D eigenvalue weighted by atomic mass is 16.7. The molecule has 37 heavy (non-hydrogen) atoms. The fourth-order valence-corrected chi connectivity index (χ4v) is 2.76. The van der Waals surface area contributed by atoms with Gasteiger partial charge in [0.05, 0.1) is 33.0 Å². The van der Waals surface area contributed by atoms with Crippen LogP contribution < -0.4 is 10.6 Å². The Morgan fingerprint density at radius 3 is 1.73 bits per heavy atom. The average Bonchev–Trinajstić information content (AvgIpc) is 2.85. The average molecular weight is 534 g/mol. The van der Waals surface area contributed by atoms with E-state index in [2.05, 4.69) is 10.6 Å². The van der Waals surface area contributed by atoms with Crippen LogP contribution in [0.1, 0.15) is 59.3 Å². The Morgan fingerprint density at radius 2 is 1.19 bits per heavy atom. The summed E-state index contributed by atoms with van der Waals surface area (Å²) in [5.74, 6) is -0.427. The molecule has 0 aromatic carbocycles. The molecule has 0 fully saturated rings. The van der Waals surface area contributed by atoms with E-state index in [1.807, 2.05) is 13.8 Å². The molecule has 0 atom stereocenters. The summed E-state index contributed by atoms with van der Waals surface area (Å²) in [7, 11) is 0. The van der Waals surface area contributed by atoms with Crippen LogP contribution in [0, 0.1) is 0 Å². The quantitative estimate of drug-likeness (QED) is 0.127. The van der Waals surface area contributed by atoms with Crippen molar-refractivity contribution < 1.29 is 47.7 Å². The predicted octanol–water partition coefficient (Wildman–Crippen LogP) is 2.41. The number of Topliss-reactive ketones (excluding diaryl/α,β-unsaturated/α-hetero) is 1. The molecule has 13 nitrogen and oxygen atoms in total. The van der Waals surface area contributed by atoms with E-state index in [-0.39, 0.29) is 44.5 Å². The van der Waals surface area contributed by atoms with Crippen LogP contribution in [0.5, 0.6) is 0 Å². The second-order valence-corrected chi connectivity index (χ2v) is 8.08. The molecule has 0 spiro atoms. The standard InChI is InChI=1S/C24H43N3O10/c1-4-14-34-22(30)25-10-7-16-33-21(29)9-6-12-27(19-20(3)28)13-18-37-24(32)36-17-8-11-26-23(31)35-15-5-2/h4-19H2,1-3H3,(H,25,30)(H,26,31). The summed E-state index contributed by atoms with van der Waals surface area (Å²) in [6, 6.07) is 0. The highest BCUT2D eigenvalue weighted by Crippen LogP contribution is 2.00. The predicted molar refractivity (Wildman–Crippen MR) is 133 cm³/mol. The van der Waals surface area contributed by atoms with Crippen molar-refractivity contribution in [1.29, 1.82) is 0 Å². The van der Waals surface area contributed by atoms with Crippen molar-refractivity contribution in [3.05, 3.63) is 0 Å². The summed E-state index contributed by atoms with van der Waals surface area (Å²) < 4.78 is 24.8. The molecule has 0 aliphatic carbocycles. The molecule has 0 radical (unpaired) electrons. The molecule has 0 aromatic heterocycles. The van der Waals surface area contributed by atoms with Gasteiger partial charge in [-0.3, -0.25) is 14.5 Å². The first-order valence-corrected chi connectivity index (χ1v) is 12.8. The zero-order chi connectivity index (χ0) is 27.7. The van der Waals surface area contributed by atoms with Crippen molar-refractivity contribution >= 4 is 30.1 Å². The number of amides is 2. The van der Waals surface area contributed by atoms with Crippen LogP contribution in [0.15, 0.2) is 0 Å². The number of nitrogens with zero attached hydrogens (tertiary/aromatic N) is 1. The van der Waals surface area contributed by atoms with Crippen LogP contribution in [0.4, 0.5) is 14.4 Å². The van der Waals surface area contributed by atoms with Gasteiger partial charge in [-0.05, 0) is 45.6 Å². The molecule has 0 bridgehead atoms. The highest BCUT2D eigenvalue weighted by molar-refractivity contribution is 5.77. The van der Waals surface area contributed by atoms with Gasteiger partial charge in [0.1, 0.15) is 12.4 Å². The normalized spacial score (nSPS) is 10.4. The smallest absolute Gasteiger partial charge is 0.466 e. The number of carbonyl (C=O) groups excluding carboxylic acids is 5. The van der Waals surface area contributed by atoms with Crippen LogP contribution in [-0.2, 0) is 33.3 Å². The summed E-state index contributed by atoms with van der Waals surface area (Å²) in [6.07, 6.45) is 1.15. The zero-order valence-corrected chi connectivity index (χ0v) is 22.3. The van der Waals surface area contributed by atoms with Gasteiger partial charge in [-0.25, -0.2) is 14.4 Å². The van der Waals surface area contributed by atoms with Crippen molar-refractivity contribution in [2.45, 2.75) is 59.3 Å². The Kier molecular flexibility index (Phi) is 21.4. The van der Waals surface area contributed by atoms with Crippen molar-refractivity contribution in [3.63, 3.8) is 0 Å². The Balaban J connectivity index is 3.94. The van der Waals surface area contributed by atoms with Crippen LogP contribution >= 0.6 is 0 Å². The van der Waals surface area contributed by atoms with E-state index in [0.29, 0.717) is 58.7 Å². The number of ketones is 1. The Morgan fingerprint density at radius 1 is 0.649 bits per heavy atom. The third-order valence-electron chi connectivity index (χ3n) is 4.47. The third kappa shape index (κ3) is 23.1. The van der Waals surface area contributed by atoms with Gasteiger partial charge in [0, 0.05) is 26.1 Å². The minimum Gasteiger partial charge on any atom is -0.466 e. The maximum absolute atomic E-state index is 11.9. The maximum atomic E-state index is 11.9. The van der Waals surface area contributed by atoms with E-state index in [1.165, 1.54) is 6.92 Å². The summed E-state index contributed by atoms with van der Waals surface area (Å²) in [5.41, 5.74) is 0. The molecule has 0 heterocycles. The highest BCUT2D eigenvalue weighted by Gasteiger charge is 2.12. The second-order valence-electron chi connectivity index (χ2n) is 8.08. The Hall–Kier alpha value is -3.09. The van der Waals surface area contributed by atoms with Gasteiger partial charge in [0.25, 0.3) is 0 Å². The van der Waals surface area contributed by atoms with Crippen LogP contribution in [0.2, 0.25) is 0 Å². The van der Waals surface area contributed by atoms with Crippen LogP contribution in [0.3, 0.4) is 0 Å². The van der Waals surface area contributed by atoms with Gasteiger partial charge in [-0.1, -0.05) is 13.8 Å². The van der Waals surface area contributed by atoms with Crippen molar-refractivity contribution in [3.8, 4) is 0 Å². The molecular weight excluding hydrogens is 490 g/mol. The van der Waals surface area contributed by atoms with Crippen molar-refractivity contribution in [1.82, 2.24) is 15.5 Å². The van der Waals surface area contributed by atoms with E-state index < -0.39 is 18.3 Å². The number of hydrogen-bond acceptors (Lipinski definition) is 11. The number of alkyl carbamates (subject to hydrolysis) is 2. The van der Waals surface area contributed by atoms with E-state index in [0.717, 1.165) is 12.8 Å². The van der Waals surface area contributed by atoms with Crippen molar-refractivity contribution in [2.75, 3.05) is 65.8 Å². The fraction of sp³-hybridized carbons (Fsp3) is 0.792. The minimum absolute atomic E-state index is 0.0197. The molecule has 13 heteroatoms. The summed E-state index contributed by atoms with van der Waals surface area (Å²) in [5, 5.41) is 5.10. The molecule has 0 aromatic rings. The number of nitrogens with one attached hydrogen (secondary N) is 2. The molecule has 0 aliphatic rings. The monoisotopic (exact) mass is 533 g/mol. The first kappa shape index (κ1) is 33.9. The number of ether oxygens (including phenoxy) is 5. The molecule has 0 saturated carbocycles. The zero-order valence-electron chi connectivity index (χ0n) is 22.3. The topological polar surface area (TPSA) is 159 Å². The molecule has 2 N–H and O–H groups in total. The number of hydrogen-bond donors (Lipinski definition) is 2. The summed E-state index contributed by atoms with van der Waals surface area (Å²) in [6.45, 7) is 7.76. The molecule has 0 aliphatic heterocycles. The summed E-state index contributed by atoms with van der Waals surface area (Å²) in [4.78, 5) is 59.4. The number of rotatable bonds is 21. The number of carbonyl (C=O) groups is 5. The number of esters is 1. The first-order valence-electron chi connectivity index (χ1n) is 12.8. The van der Waals surface area contributed by atoms with Gasteiger partial charge in [0.15, 0.2) is 0 Å². The van der Waals surface area contributed by atoms with E-state index >= 15 is 0 Å². The van der Waals surface area contributed by atoms with Gasteiger partial charge >= 0.3 is 24.3 Å². The van der Waals surface area contributed by atoms with E-state index in [9.17, 15) is 24.0 Å². The van der Waals surface area contributed by atoms with E-state index in [4.69, 9.17) is 23.7 Å². The van der Waals surface area contributed by atoms with Crippen molar-refractivity contribution in [2.24, 2.45) is 0 Å². The SMILES string of the molecule is CCCOC(=O)NCCCOC(=O)CCCN(CCOC(=O)OCCCNC(=O)OCCC)CC(C)=O. The van der Waals surface area contributed by atoms with Gasteiger partial charge in [-0.15, -0.1) is 0 Å². The lowest BCUT2D eigenvalue weighted by molar-refractivity contribution is -0.143.